The molecule has 3 unspecified atom stereocenters. The molecule has 150 valence electrons. The molecule has 0 spiro atoms. The predicted octanol–water partition coefficient (Wildman–Crippen LogP) is 2.43. The van der Waals surface area contributed by atoms with E-state index < -0.39 is 0 Å². The topological polar surface area (TPSA) is 44.8 Å². The summed E-state index contributed by atoms with van der Waals surface area (Å²) in [6.45, 7) is 11.2. The van der Waals surface area contributed by atoms with Gasteiger partial charge in [-0.15, -0.1) is 24.8 Å². The Bertz CT molecular complexity index is 368. The molecule has 0 aromatic heterocycles. The molecule has 0 radical (unpaired) electrons. The lowest BCUT2D eigenvalue weighted by Crippen LogP contribution is -2.55. The van der Waals surface area contributed by atoms with E-state index in [2.05, 4.69) is 29.0 Å². The Morgan fingerprint density at radius 1 is 1.32 bits per heavy atom. The van der Waals surface area contributed by atoms with Gasteiger partial charge in [-0.1, -0.05) is 13.8 Å². The number of nitrogens with zero attached hydrogens (tertiary/aromatic N) is 2. The van der Waals surface area contributed by atoms with Crippen molar-refractivity contribution in [3.63, 3.8) is 0 Å². The van der Waals surface area contributed by atoms with Crippen LogP contribution >= 0.6 is 24.8 Å². The highest BCUT2D eigenvalue weighted by atomic mass is 35.5. The average molecular weight is 398 g/mol. The van der Waals surface area contributed by atoms with Gasteiger partial charge in [0.05, 0.1) is 6.61 Å². The number of carbonyl (C=O) groups is 1. The van der Waals surface area contributed by atoms with Gasteiger partial charge < -0.3 is 15.0 Å². The summed E-state index contributed by atoms with van der Waals surface area (Å²) in [5.41, 5.74) is 0. The smallest absolute Gasteiger partial charge is 0.222 e. The second-order valence-electron chi connectivity index (χ2n) is 7.22. The monoisotopic (exact) mass is 397 g/mol. The van der Waals surface area contributed by atoms with Crippen molar-refractivity contribution in [3.05, 3.63) is 0 Å². The summed E-state index contributed by atoms with van der Waals surface area (Å²) in [7, 11) is 1.75. The van der Waals surface area contributed by atoms with Gasteiger partial charge in [-0.05, 0) is 44.2 Å². The molecule has 1 amide bonds. The fourth-order valence-corrected chi connectivity index (χ4v) is 3.95. The van der Waals surface area contributed by atoms with Gasteiger partial charge in [-0.2, -0.15) is 0 Å². The third-order valence-electron chi connectivity index (χ3n) is 5.65. The standard InChI is InChI=1S/C18H35N3O2.2ClH/c1-4-17-14-21(9-8-20(17)10-11-23-3)18(22)12-15(2)16-6-5-7-19-13-16;;/h15-17,19H,4-14H2,1-3H3;2*1H. The molecular formula is C18H37Cl2N3O2. The maximum absolute atomic E-state index is 12.7. The number of nitrogens with one attached hydrogen (secondary N) is 1. The molecule has 2 aliphatic heterocycles. The highest BCUT2D eigenvalue weighted by Gasteiger charge is 2.30. The maximum atomic E-state index is 12.7. The van der Waals surface area contributed by atoms with Crippen LogP contribution in [0.5, 0.6) is 0 Å². The number of hydrogen-bond acceptors (Lipinski definition) is 4. The van der Waals surface area contributed by atoms with E-state index in [1.807, 2.05) is 0 Å². The minimum absolute atomic E-state index is 0. The first-order valence-corrected chi connectivity index (χ1v) is 9.37. The number of halogens is 2. The quantitative estimate of drug-likeness (QED) is 0.716. The summed E-state index contributed by atoms with van der Waals surface area (Å²) in [4.78, 5) is 17.3. The van der Waals surface area contributed by atoms with E-state index in [4.69, 9.17) is 4.74 Å². The normalized spacial score (nSPS) is 25.6. The minimum Gasteiger partial charge on any atom is -0.383 e. The van der Waals surface area contributed by atoms with Crippen LogP contribution in [0.1, 0.15) is 39.5 Å². The lowest BCUT2D eigenvalue weighted by molar-refractivity contribution is -0.135. The van der Waals surface area contributed by atoms with Crippen LogP contribution in [0.15, 0.2) is 0 Å². The van der Waals surface area contributed by atoms with Crippen molar-refractivity contribution >= 4 is 30.7 Å². The van der Waals surface area contributed by atoms with E-state index in [0.29, 0.717) is 30.2 Å². The predicted molar refractivity (Wildman–Crippen MR) is 108 cm³/mol. The van der Waals surface area contributed by atoms with Crippen molar-refractivity contribution < 1.29 is 9.53 Å². The molecule has 1 N–H and O–H groups in total. The molecule has 3 atom stereocenters. The number of hydrogen-bond donors (Lipinski definition) is 1. The molecule has 0 aromatic carbocycles. The first kappa shape index (κ1) is 24.9. The van der Waals surface area contributed by atoms with Crippen LogP contribution < -0.4 is 5.32 Å². The van der Waals surface area contributed by atoms with Gasteiger partial charge in [0, 0.05) is 45.8 Å². The number of piperidine rings is 1. The molecule has 2 rings (SSSR count). The van der Waals surface area contributed by atoms with Crippen molar-refractivity contribution in [3.8, 4) is 0 Å². The van der Waals surface area contributed by atoms with Crippen LogP contribution in [0, 0.1) is 11.8 Å². The van der Waals surface area contributed by atoms with Crippen molar-refractivity contribution in [2.24, 2.45) is 11.8 Å². The Balaban J connectivity index is 0.00000288. The van der Waals surface area contributed by atoms with Gasteiger partial charge >= 0.3 is 0 Å². The lowest BCUT2D eigenvalue weighted by Gasteiger charge is -2.41. The molecule has 0 bridgehead atoms. The number of ether oxygens (including phenoxy) is 1. The number of rotatable bonds is 7. The molecule has 2 saturated heterocycles. The number of carbonyl (C=O) groups excluding carboxylic acids is 1. The van der Waals surface area contributed by atoms with Crippen LogP contribution in [-0.4, -0.2) is 74.7 Å². The first-order chi connectivity index (χ1) is 11.2. The highest BCUT2D eigenvalue weighted by molar-refractivity contribution is 5.85. The molecule has 25 heavy (non-hydrogen) atoms. The summed E-state index contributed by atoms with van der Waals surface area (Å²) in [6, 6.07) is 0.481. The third kappa shape index (κ3) is 7.59. The Kier molecular flexibility index (Phi) is 13.1. The summed E-state index contributed by atoms with van der Waals surface area (Å²) in [5, 5.41) is 3.47. The zero-order valence-corrected chi connectivity index (χ0v) is 17.7. The maximum Gasteiger partial charge on any atom is 0.222 e. The molecule has 2 heterocycles. The van der Waals surface area contributed by atoms with Gasteiger partial charge in [0.2, 0.25) is 5.91 Å². The Morgan fingerprint density at radius 2 is 2.08 bits per heavy atom. The van der Waals surface area contributed by atoms with Gasteiger partial charge in [0.15, 0.2) is 0 Å². The lowest BCUT2D eigenvalue weighted by atomic mass is 9.85. The average Bonchev–Trinajstić information content (AvgIpc) is 2.60. The number of amides is 1. The Hall–Kier alpha value is -0.0700. The molecule has 7 heteroatoms. The molecule has 2 fully saturated rings. The summed E-state index contributed by atoms with van der Waals surface area (Å²) >= 11 is 0. The second kappa shape index (κ2) is 13.2. The molecule has 2 aliphatic rings. The second-order valence-corrected chi connectivity index (χ2v) is 7.22. The SMILES string of the molecule is CCC1CN(C(=O)CC(C)C2CCCNC2)CCN1CCOC.Cl.Cl. The molecule has 0 aliphatic carbocycles. The van der Waals surface area contributed by atoms with Crippen LogP contribution in [0.25, 0.3) is 0 Å². The van der Waals surface area contributed by atoms with E-state index in [1.165, 1.54) is 12.8 Å². The fourth-order valence-electron chi connectivity index (χ4n) is 3.95. The summed E-state index contributed by atoms with van der Waals surface area (Å²) in [5.74, 6) is 1.51. The number of piperazine rings is 1. The van der Waals surface area contributed by atoms with Gasteiger partial charge in [-0.3, -0.25) is 9.69 Å². The Labute approximate surface area is 166 Å². The van der Waals surface area contributed by atoms with E-state index in [9.17, 15) is 4.79 Å². The van der Waals surface area contributed by atoms with Crippen molar-refractivity contribution in [2.45, 2.75) is 45.6 Å². The van der Waals surface area contributed by atoms with Crippen molar-refractivity contribution in [2.75, 3.05) is 53.0 Å². The van der Waals surface area contributed by atoms with Crippen LogP contribution in [0.2, 0.25) is 0 Å². The molecule has 0 aromatic rings. The molecular weight excluding hydrogens is 361 g/mol. The Morgan fingerprint density at radius 3 is 2.68 bits per heavy atom. The summed E-state index contributed by atoms with van der Waals surface area (Å²) < 4.78 is 5.20. The first-order valence-electron chi connectivity index (χ1n) is 9.37. The van der Waals surface area contributed by atoms with Gasteiger partial charge in [-0.25, -0.2) is 0 Å². The van der Waals surface area contributed by atoms with Crippen LogP contribution in [-0.2, 0) is 9.53 Å². The van der Waals surface area contributed by atoms with E-state index >= 15 is 0 Å². The van der Waals surface area contributed by atoms with Gasteiger partial charge in [0.1, 0.15) is 0 Å². The largest absolute Gasteiger partial charge is 0.383 e. The fraction of sp³-hybridized carbons (Fsp3) is 0.944. The summed E-state index contributed by atoms with van der Waals surface area (Å²) in [6.07, 6.45) is 4.32. The molecule has 0 saturated carbocycles. The number of methoxy groups -OCH3 is 1. The zero-order valence-electron chi connectivity index (χ0n) is 16.0. The van der Waals surface area contributed by atoms with Gasteiger partial charge in [0.25, 0.3) is 0 Å². The third-order valence-corrected chi connectivity index (χ3v) is 5.65. The highest BCUT2D eigenvalue weighted by Crippen LogP contribution is 2.24. The van der Waals surface area contributed by atoms with Crippen LogP contribution in [0.3, 0.4) is 0 Å². The van der Waals surface area contributed by atoms with E-state index in [1.54, 1.807) is 7.11 Å². The van der Waals surface area contributed by atoms with E-state index in [-0.39, 0.29) is 24.8 Å². The zero-order chi connectivity index (χ0) is 16.7. The van der Waals surface area contributed by atoms with E-state index in [0.717, 1.165) is 52.3 Å². The van der Waals surface area contributed by atoms with Crippen LogP contribution in [0.4, 0.5) is 0 Å². The van der Waals surface area contributed by atoms with Crippen molar-refractivity contribution in [1.82, 2.24) is 15.1 Å². The minimum atomic E-state index is 0. The molecule has 5 nitrogen and oxygen atoms in total. The van der Waals surface area contributed by atoms with Crippen molar-refractivity contribution in [1.29, 1.82) is 0 Å².